The van der Waals surface area contributed by atoms with Gasteiger partial charge in [0.1, 0.15) is 0 Å². The van der Waals surface area contributed by atoms with Crippen LogP contribution in [0.1, 0.15) is 20.3 Å². The molecule has 2 unspecified atom stereocenters. The van der Waals surface area contributed by atoms with E-state index in [2.05, 4.69) is 16.8 Å². The molecule has 0 aromatic heterocycles. The number of piperazine rings is 1. The van der Waals surface area contributed by atoms with Crippen molar-refractivity contribution in [2.24, 2.45) is 0 Å². The lowest BCUT2D eigenvalue weighted by molar-refractivity contribution is 0.104. The standard InChI is InChI=1S/C9H18N2O.C2H6/c1-10-6-9-5-8(10)7-11(9)3-4-12-2;1-2/h8-9H,3-7H2,1-2H3;1-2H3. The smallest absolute Gasteiger partial charge is 0.0589 e. The first-order valence-electron chi connectivity index (χ1n) is 5.74. The van der Waals surface area contributed by atoms with Gasteiger partial charge in [0.05, 0.1) is 6.61 Å². The molecule has 2 aliphatic heterocycles. The summed E-state index contributed by atoms with van der Waals surface area (Å²) in [5.74, 6) is 0. The second kappa shape index (κ2) is 5.69. The van der Waals surface area contributed by atoms with Gasteiger partial charge in [-0.15, -0.1) is 0 Å². The average molecular weight is 200 g/mol. The van der Waals surface area contributed by atoms with Gasteiger partial charge in [0, 0.05) is 38.8 Å². The molecule has 0 saturated carbocycles. The highest BCUT2D eigenvalue weighted by atomic mass is 16.5. The van der Waals surface area contributed by atoms with Crippen LogP contribution in [0.4, 0.5) is 0 Å². The molecule has 84 valence electrons. The van der Waals surface area contributed by atoms with Crippen LogP contribution in [0.3, 0.4) is 0 Å². The van der Waals surface area contributed by atoms with Crippen LogP contribution in [0.5, 0.6) is 0 Å². The van der Waals surface area contributed by atoms with E-state index >= 15 is 0 Å². The van der Waals surface area contributed by atoms with Gasteiger partial charge in [-0.2, -0.15) is 0 Å². The van der Waals surface area contributed by atoms with Crippen LogP contribution in [0.15, 0.2) is 0 Å². The van der Waals surface area contributed by atoms with Crippen molar-refractivity contribution in [2.45, 2.75) is 32.4 Å². The first kappa shape index (κ1) is 12.0. The topological polar surface area (TPSA) is 15.7 Å². The second-order valence-corrected chi connectivity index (χ2v) is 3.97. The zero-order chi connectivity index (χ0) is 10.6. The molecular weight excluding hydrogens is 176 g/mol. The van der Waals surface area contributed by atoms with Crippen LogP contribution >= 0.6 is 0 Å². The van der Waals surface area contributed by atoms with Crippen LogP contribution in [0, 0.1) is 0 Å². The number of methoxy groups -OCH3 is 1. The highest BCUT2D eigenvalue weighted by Gasteiger charge is 2.40. The normalized spacial score (nSPS) is 31.7. The Morgan fingerprint density at radius 1 is 1.21 bits per heavy atom. The molecule has 2 aliphatic rings. The molecule has 2 atom stereocenters. The van der Waals surface area contributed by atoms with Gasteiger partial charge >= 0.3 is 0 Å². The van der Waals surface area contributed by atoms with Crippen molar-refractivity contribution in [3.8, 4) is 0 Å². The van der Waals surface area contributed by atoms with E-state index in [4.69, 9.17) is 4.74 Å². The van der Waals surface area contributed by atoms with Gasteiger partial charge in [-0.1, -0.05) is 13.8 Å². The maximum atomic E-state index is 5.08. The average Bonchev–Trinajstić information content (AvgIpc) is 2.76. The van der Waals surface area contributed by atoms with Crippen molar-refractivity contribution in [2.75, 3.05) is 40.4 Å². The van der Waals surface area contributed by atoms with Gasteiger partial charge < -0.3 is 9.64 Å². The number of rotatable bonds is 3. The molecule has 0 radical (unpaired) electrons. The summed E-state index contributed by atoms with van der Waals surface area (Å²) in [6.07, 6.45) is 1.38. The molecule has 0 N–H and O–H groups in total. The number of likely N-dealkylation sites (tertiary alicyclic amines) is 2. The molecule has 0 spiro atoms. The van der Waals surface area contributed by atoms with Gasteiger partial charge in [0.15, 0.2) is 0 Å². The first-order valence-corrected chi connectivity index (χ1v) is 5.74. The number of hydrogen-bond acceptors (Lipinski definition) is 3. The first-order chi connectivity index (χ1) is 6.81. The predicted octanol–water partition coefficient (Wildman–Crippen LogP) is 1.05. The number of fused-ring (bicyclic) bond motifs is 2. The van der Waals surface area contributed by atoms with Crippen molar-refractivity contribution in [1.82, 2.24) is 9.80 Å². The van der Waals surface area contributed by atoms with Crippen molar-refractivity contribution in [1.29, 1.82) is 0 Å². The summed E-state index contributed by atoms with van der Waals surface area (Å²) in [7, 11) is 4.01. The molecular formula is C11H24N2O. The quantitative estimate of drug-likeness (QED) is 0.677. The summed E-state index contributed by atoms with van der Waals surface area (Å²) >= 11 is 0. The second-order valence-electron chi connectivity index (χ2n) is 3.97. The van der Waals surface area contributed by atoms with E-state index in [9.17, 15) is 0 Å². The van der Waals surface area contributed by atoms with E-state index < -0.39 is 0 Å². The van der Waals surface area contributed by atoms with Gasteiger partial charge in [-0.25, -0.2) is 0 Å². The van der Waals surface area contributed by atoms with E-state index in [1.165, 1.54) is 19.5 Å². The zero-order valence-corrected chi connectivity index (χ0v) is 9.99. The molecule has 2 rings (SSSR count). The number of likely N-dealkylation sites (N-methyl/N-ethyl adjacent to an activating group) is 1. The monoisotopic (exact) mass is 200 g/mol. The third-order valence-corrected chi connectivity index (χ3v) is 3.21. The molecule has 0 aromatic carbocycles. The van der Waals surface area contributed by atoms with Crippen LogP contribution < -0.4 is 0 Å². The Kier molecular flexibility index (Phi) is 4.85. The van der Waals surface area contributed by atoms with Crippen LogP contribution in [-0.2, 0) is 4.74 Å². The summed E-state index contributed by atoms with van der Waals surface area (Å²) in [6.45, 7) is 8.51. The predicted molar refractivity (Wildman–Crippen MR) is 59.6 cm³/mol. The van der Waals surface area contributed by atoms with E-state index in [-0.39, 0.29) is 0 Å². The molecule has 2 saturated heterocycles. The van der Waals surface area contributed by atoms with E-state index in [1.807, 2.05) is 13.8 Å². The van der Waals surface area contributed by atoms with Crippen molar-refractivity contribution in [3.05, 3.63) is 0 Å². The minimum Gasteiger partial charge on any atom is -0.383 e. The molecule has 0 aliphatic carbocycles. The third kappa shape index (κ3) is 2.47. The van der Waals surface area contributed by atoms with Crippen molar-refractivity contribution in [3.63, 3.8) is 0 Å². The Morgan fingerprint density at radius 2 is 1.93 bits per heavy atom. The summed E-state index contributed by atoms with van der Waals surface area (Å²) in [6, 6.07) is 1.64. The summed E-state index contributed by atoms with van der Waals surface area (Å²) in [4.78, 5) is 5.04. The summed E-state index contributed by atoms with van der Waals surface area (Å²) in [5.41, 5.74) is 0. The Bertz CT molecular complexity index is 161. The zero-order valence-electron chi connectivity index (χ0n) is 9.99. The third-order valence-electron chi connectivity index (χ3n) is 3.21. The van der Waals surface area contributed by atoms with Crippen molar-refractivity contribution < 1.29 is 4.74 Å². The fourth-order valence-electron chi connectivity index (χ4n) is 2.43. The SMILES string of the molecule is CC.COCCN1CC2CC1CN2C. The minimum atomic E-state index is 0.815. The lowest BCUT2D eigenvalue weighted by Gasteiger charge is -2.31. The molecule has 2 fully saturated rings. The highest BCUT2D eigenvalue weighted by Crippen LogP contribution is 2.28. The molecule has 2 bridgehead atoms. The number of nitrogens with zero attached hydrogens (tertiary/aromatic N) is 2. The van der Waals surface area contributed by atoms with Crippen LogP contribution in [-0.4, -0.2) is 62.3 Å². The molecule has 0 amide bonds. The maximum absolute atomic E-state index is 5.08. The van der Waals surface area contributed by atoms with E-state index in [1.54, 1.807) is 7.11 Å². The lowest BCUT2D eigenvalue weighted by atomic mass is 10.2. The van der Waals surface area contributed by atoms with Crippen LogP contribution in [0.25, 0.3) is 0 Å². The summed E-state index contributed by atoms with van der Waals surface area (Å²) in [5, 5.41) is 0. The number of ether oxygens (including phenoxy) is 1. The van der Waals surface area contributed by atoms with Gasteiger partial charge in [0.25, 0.3) is 0 Å². The molecule has 0 aromatic rings. The van der Waals surface area contributed by atoms with E-state index in [0.29, 0.717) is 0 Å². The van der Waals surface area contributed by atoms with Gasteiger partial charge in [0.2, 0.25) is 0 Å². The molecule has 14 heavy (non-hydrogen) atoms. The summed E-state index contributed by atoms with van der Waals surface area (Å²) < 4.78 is 5.08. The van der Waals surface area contributed by atoms with Crippen LogP contribution in [0.2, 0.25) is 0 Å². The largest absolute Gasteiger partial charge is 0.383 e. The fraction of sp³-hybridized carbons (Fsp3) is 1.00. The van der Waals surface area contributed by atoms with Gasteiger partial charge in [-0.05, 0) is 13.5 Å². The lowest BCUT2D eigenvalue weighted by Crippen LogP contribution is -2.45. The van der Waals surface area contributed by atoms with Crippen molar-refractivity contribution >= 4 is 0 Å². The molecule has 3 nitrogen and oxygen atoms in total. The van der Waals surface area contributed by atoms with E-state index in [0.717, 1.165) is 25.2 Å². The number of hydrogen-bond donors (Lipinski definition) is 0. The molecule has 3 heteroatoms. The Morgan fingerprint density at radius 3 is 2.36 bits per heavy atom. The highest BCUT2D eigenvalue weighted by molar-refractivity contribution is 4.97. The minimum absolute atomic E-state index is 0.815. The van der Waals surface area contributed by atoms with Gasteiger partial charge in [-0.3, -0.25) is 4.90 Å². The Balaban J connectivity index is 0.000000461. The Hall–Kier alpha value is -0.120. The fourth-order valence-corrected chi connectivity index (χ4v) is 2.43. The molecule has 2 heterocycles. The maximum Gasteiger partial charge on any atom is 0.0589 e. The Labute approximate surface area is 88.0 Å².